The van der Waals surface area contributed by atoms with E-state index in [1.807, 2.05) is 0 Å². The molecule has 10 nitrogen and oxygen atoms in total. The summed E-state index contributed by atoms with van der Waals surface area (Å²) in [5.74, 6) is 0.0307. The number of nitrogens with one attached hydrogen (secondary N) is 1. The molecule has 0 saturated heterocycles. The van der Waals surface area contributed by atoms with E-state index >= 15 is 0 Å². The summed E-state index contributed by atoms with van der Waals surface area (Å²) in [6.07, 6.45) is 1.22. The lowest BCUT2D eigenvalue weighted by Crippen LogP contribution is -1.94. The molecule has 0 bridgehead atoms. The van der Waals surface area contributed by atoms with Crippen LogP contribution in [-0.2, 0) is 0 Å². The van der Waals surface area contributed by atoms with Gasteiger partial charge in [0.1, 0.15) is 4.92 Å². The van der Waals surface area contributed by atoms with Crippen molar-refractivity contribution in [3.05, 3.63) is 28.0 Å². The van der Waals surface area contributed by atoms with Crippen molar-refractivity contribution in [1.82, 2.24) is 10.3 Å². The third-order valence-corrected chi connectivity index (χ3v) is 1.67. The zero-order valence-electron chi connectivity index (χ0n) is 8.23. The van der Waals surface area contributed by atoms with Gasteiger partial charge in [0.05, 0.1) is 12.3 Å². The second-order valence-electron chi connectivity index (χ2n) is 2.80. The molecule has 0 aliphatic rings. The van der Waals surface area contributed by atoms with Crippen LogP contribution in [0, 0.1) is 10.1 Å². The van der Waals surface area contributed by atoms with Gasteiger partial charge in [0.15, 0.2) is 5.76 Å². The first kappa shape index (κ1) is 10.6. The Morgan fingerprint density at radius 3 is 2.94 bits per heavy atom. The Morgan fingerprint density at radius 2 is 2.35 bits per heavy atom. The number of nitrogens with two attached hydrogens (primary N) is 1. The molecular formula is C7H6N6O4. The number of nitro groups is 1. The van der Waals surface area contributed by atoms with Crippen molar-refractivity contribution >= 4 is 23.7 Å². The van der Waals surface area contributed by atoms with Gasteiger partial charge in [-0.25, -0.2) is 4.63 Å². The lowest BCUT2D eigenvalue weighted by atomic mass is 10.5. The van der Waals surface area contributed by atoms with Gasteiger partial charge in [-0.1, -0.05) is 0 Å². The number of nitrogens with zero attached hydrogens (tertiary/aromatic N) is 4. The van der Waals surface area contributed by atoms with E-state index in [0.717, 1.165) is 0 Å². The van der Waals surface area contributed by atoms with Gasteiger partial charge in [0.25, 0.3) is 0 Å². The first-order chi connectivity index (χ1) is 8.16. The Kier molecular flexibility index (Phi) is 2.68. The number of anilines is 2. The van der Waals surface area contributed by atoms with Gasteiger partial charge in [0, 0.05) is 0 Å². The van der Waals surface area contributed by atoms with Crippen molar-refractivity contribution in [2.45, 2.75) is 0 Å². The van der Waals surface area contributed by atoms with Crippen LogP contribution >= 0.6 is 0 Å². The van der Waals surface area contributed by atoms with E-state index in [1.165, 1.54) is 18.3 Å². The number of hydrazone groups is 1. The molecule has 3 N–H and O–H groups in total. The molecule has 0 aliphatic carbocycles. The quantitative estimate of drug-likeness (QED) is 0.447. The average molecular weight is 238 g/mol. The van der Waals surface area contributed by atoms with Gasteiger partial charge < -0.3 is 10.2 Å². The maximum atomic E-state index is 10.3. The van der Waals surface area contributed by atoms with Gasteiger partial charge in [-0.15, -0.1) is 0 Å². The second kappa shape index (κ2) is 4.30. The predicted octanol–water partition coefficient (Wildman–Crippen LogP) is 0.599. The van der Waals surface area contributed by atoms with Crippen molar-refractivity contribution in [3.63, 3.8) is 0 Å². The van der Waals surface area contributed by atoms with Crippen LogP contribution in [0.25, 0.3) is 0 Å². The number of furan rings is 1. The van der Waals surface area contributed by atoms with Gasteiger partial charge in [0.2, 0.25) is 11.6 Å². The first-order valence-electron chi connectivity index (χ1n) is 4.28. The zero-order chi connectivity index (χ0) is 12.3. The highest BCUT2D eigenvalue weighted by molar-refractivity contribution is 5.77. The van der Waals surface area contributed by atoms with Gasteiger partial charge >= 0.3 is 5.88 Å². The van der Waals surface area contributed by atoms with Crippen LogP contribution in [0.4, 0.5) is 17.5 Å². The minimum atomic E-state index is -0.649. The second-order valence-corrected chi connectivity index (χ2v) is 2.80. The molecule has 0 unspecified atom stereocenters. The van der Waals surface area contributed by atoms with Crippen LogP contribution in [0.5, 0.6) is 0 Å². The largest absolute Gasteiger partial charge is 0.433 e. The van der Waals surface area contributed by atoms with Crippen LogP contribution < -0.4 is 11.2 Å². The van der Waals surface area contributed by atoms with E-state index in [-0.39, 0.29) is 23.3 Å². The predicted molar refractivity (Wildman–Crippen MR) is 55.3 cm³/mol. The summed E-state index contributed by atoms with van der Waals surface area (Å²) in [6, 6.07) is 2.61. The summed E-state index contributed by atoms with van der Waals surface area (Å²) in [4.78, 5) is 9.68. The summed E-state index contributed by atoms with van der Waals surface area (Å²) >= 11 is 0. The minimum absolute atomic E-state index is 0.0487. The molecule has 0 aromatic carbocycles. The molecular weight excluding hydrogens is 232 g/mol. The van der Waals surface area contributed by atoms with Crippen LogP contribution in [0.1, 0.15) is 5.76 Å². The highest BCUT2D eigenvalue weighted by Gasteiger charge is 2.10. The zero-order valence-corrected chi connectivity index (χ0v) is 8.23. The summed E-state index contributed by atoms with van der Waals surface area (Å²) in [7, 11) is 0. The van der Waals surface area contributed by atoms with Crippen LogP contribution in [0.3, 0.4) is 0 Å². The Balaban J connectivity index is 2.01. The van der Waals surface area contributed by atoms with E-state index in [2.05, 4.69) is 25.5 Å². The van der Waals surface area contributed by atoms with Crippen LogP contribution in [0.15, 0.2) is 26.3 Å². The molecule has 2 heterocycles. The molecule has 2 aromatic heterocycles. The van der Waals surface area contributed by atoms with Crippen molar-refractivity contribution < 1.29 is 14.0 Å². The Bertz CT molecular complexity index is 558. The molecule has 0 spiro atoms. The Hall–Kier alpha value is -2.91. The van der Waals surface area contributed by atoms with Crippen molar-refractivity contribution in [1.29, 1.82) is 0 Å². The third-order valence-electron chi connectivity index (χ3n) is 1.67. The van der Waals surface area contributed by atoms with E-state index in [0.29, 0.717) is 0 Å². The summed E-state index contributed by atoms with van der Waals surface area (Å²) in [6.45, 7) is 0. The summed E-state index contributed by atoms with van der Waals surface area (Å²) < 4.78 is 9.13. The highest BCUT2D eigenvalue weighted by Crippen LogP contribution is 2.14. The minimum Gasteiger partial charge on any atom is -0.400 e. The SMILES string of the molecule is Nc1nonc1N/N=C/c1ccc([N+](=O)[O-])o1. The topological polar surface area (TPSA) is 146 Å². The molecule has 88 valence electrons. The fourth-order valence-electron chi connectivity index (χ4n) is 0.940. The molecule has 0 saturated carbocycles. The molecule has 2 aromatic rings. The number of rotatable bonds is 4. The van der Waals surface area contributed by atoms with E-state index < -0.39 is 4.92 Å². The third kappa shape index (κ3) is 2.37. The molecule has 0 fully saturated rings. The molecule has 0 aliphatic heterocycles. The van der Waals surface area contributed by atoms with Crippen molar-refractivity contribution in [2.24, 2.45) is 5.10 Å². The normalized spacial score (nSPS) is 10.8. The number of aromatic nitrogens is 2. The average Bonchev–Trinajstić information content (AvgIpc) is 2.89. The van der Waals surface area contributed by atoms with Crippen LogP contribution in [-0.4, -0.2) is 21.5 Å². The summed E-state index contributed by atoms with van der Waals surface area (Å²) in [5, 5.41) is 20.7. The van der Waals surface area contributed by atoms with Gasteiger partial charge in [-0.05, 0) is 16.4 Å². The number of hydrogen-bond donors (Lipinski definition) is 2. The fourth-order valence-corrected chi connectivity index (χ4v) is 0.940. The van der Waals surface area contributed by atoms with E-state index in [4.69, 9.17) is 10.2 Å². The van der Waals surface area contributed by atoms with Gasteiger partial charge in [-0.3, -0.25) is 15.5 Å². The van der Waals surface area contributed by atoms with Gasteiger partial charge in [-0.2, -0.15) is 5.10 Å². The monoisotopic (exact) mass is 238 g/mol. The molecule has 10 heteroatoms. The molecule has 0 radical (unpaired) electrons. The molecule has 2 rings (SSSR count). The van der Waals surface area contributed by atoms with E-state index in [1.54, 1.807) is 0 Å². The fraction of sp³-hybridized carbons (Fsp3) is 0. The maximum absolute atomic E-state index is 10.3. The molecule has 0 atom stereocenters. The smallest absolute Gasteiger partial charge is 0.400 e. The maximum Gasteiger partial charge on any atom is 0.433 e. The highest BCUT2D eigenvalue weighted by atomic mass is 16.6. The number of hydrogen-bond acceptors (Lipinski definition) is 9. The first-order valence-corrected chi connectivity index (χ1v) is 4.28. The van der Waals surface area contributed by atoms with Crippen molar-refractivity contribution in [2.75, 3.05) is 11.2 Å². The standard InChI is InChI=1S/C7H6N6O4/c8-6-7(12-17-11-6)10-9-3-4-1-2-5(16-4)13(14)15/h1-3H,(H2,8,11)(H,10,12)/b9-3+. The van der Waals surface area contributed by atoms with Crippen LogP contribution in [0.2, 0.25) is 0 Å². The van der Waals surface area contributed by atoms with E-state index in [9.17, 15) is 10.1 Å². The number of nitrogen functional groups attached to an aromatic ring is 1. The Morgan fingerprint density at radius 1 is 1.53 bits per heavy atom. The van der Waals surface area contributed by atoms with Crippen molar-refractivity contribution in [3.8, 4) is 0 Å². The molecule has 0 amide bonds. The Labute approximate surface area is 93.2 Å². The summed E-state index contributed by atoms with van der Waals surface area (Å²) in [5.41, 5.74) is 7.77. The molecule has 17 heavy (non-hydrogen) atoms. The lowest BCUT2D eigenvalue weighted by Gasteiger charge is -1.90. The lowest BCUT2D eigenvalue weighted by molar-refractivity contribution is -0.402.